The van der Waals surface area contributed by atoms with Gasteiger partial charge in [0.15, 0.2) is 0 Å². The summed E-state index contributed by atoms with van der Waals surface area (Å²) >= 11 is 0. The van der Waals surface area contributed by atoms with E-state index in [4.69, 9.17) is 13.9 Å². The first-order valence-corrected chi connectivity index (χ1v) is 7.21. The predicted octanol–water partition coefficient (Wildman–Crippen LogP) is 3.06. The van der Waals surface area contributed by atoms with Crippen LogP contribution in [0, 0.1) is 0 Å². The van der Waals surface area contributed by atoms with Crippen LogP contribution in [-0.4, -0.2) is 24.6 Å². The fourth-order valence-corrected chi connectivity index (χ4v) is 2.24. The van der Waals surface area contributed by atoms with Crippen molar-refractivity contribution in [2.45, 2.75) is 0 Å². The minimum atomic E-state index is -0.421. The Morgan fingerprint density at radius 3 is 2.50 bits per heavy atom. The van der Waals surface area contributed by atoms with Gasteiger partial charge in [0.2, 0.25) is 0 Å². The molecule has 0 saturated heterocycles. The van der Waals surface area contributed by atoms with Crippen LogP contribution in [0.5, 0.6) is 11.5 Å². The van der Waals surface area contributed by atoms with Crippen molar-refractivity contribution in [3.63, 3.8) is 0 Å². The number of hydrogen-bond donors (Lipinski definition) is 1. The Bertz CT molecular complexity index is 928. The van der Waals surface area contributed by atoms with E-state index in [-0.39, 0.29) is 6.61 Å². The van der Waals surface area contributed by atoms with Crippen LogP contribution in [0.4, 0.5) is 0 Å². The molecule has 3 aromatic rings. The molecule has 2 aromatic carbocycles. The lowest BCUT2D eigenvalue weighted by molar-refractivity contribution is 0.308. The van der Waals surface area contributed by atoms with E-state index >= 15 is 0 Å². The van der Waals surface area contributed by atoms with Crippen molar-refractivity contribution in [2.24, 2.45) is 5.16 Å². The Morgan fingerprint density at radius 1 is 1.08 bits per heavy atom. The van der Waals surface area contributed by atoms with Gasteiger partial charge < -0.3 is 19.1 Å². The van der Waals surface area contributed by atoms with Gasteiger partial charge in [-0.1, -0.05) is 5.16 Å². The third-order valence-electron chi connectivity index (χ3n) is 3.51. The molecule has 0 spiro atoms. The Hall–Kier alpha value is -3.28. The van der Waals surface area contributed by atoms with Gasteiger partial charge in [0.1, 0.15) is 29.4 Å². The number of methoxy groups -OCH3 is 1. The van der Waals surface area contributed by atoms with Gasteiger partial charge in [-0.05, 0) is 42.5 Å². The van der Waals surface area contributed by atoms with Crippen LogP contribution >= 0.6 is 0 Å². The highest BCUT2D eigenvalue weighted by Gasteiger charge is 2.07. The Labute approximate surface area is 137 Å². The maximum atomic E-state index is 11.3. The van der Waals surface area contributed by atoms with Crippen molar-refractivity contribution >= 4 is 16.7 Å². The molecule has 0 aliphatic carbocycles. The highest BCUT2D eigenvalue weighted by Crippen LogP contribution is 2.20. The molecule has 0 bridgehead atoms. The second-order valence-electron chi connectivity index (χ2n) is 5.02. The van der Waals surface area contributed by atoms with Crippen LogP contribution in [-0.2, 0) is 0 Å². The number of nitrogens with zero attached hydrogens (tertiary/aromatic N) is 1. The fraction of sp³-hybridized carbons (Fsp3) is 0.111. The molecule has 24 heavy (non-hydrogen) atoms. The van der Waals surface area contributed by atoms with E-state index in [0.29, 0.717) is 28.4 Å². The average Bonchev–Trinajstić information content (AvgIpc) is 2.62. The molecule has 0 saturated carbocycles. The maximum Gasteiger partial charge on any atom is 0.336 e. The lowest BCUT2D eigenvalue weighted by atomic mass is 10.1. The molecule has 0 atom stereocenters. The molecule has 0 fully saturated rings. The summed E-state index contributed by atoms with van der Waals surface area (Å²) in [6.07, 6.45) is 0. The van der Waals surface area contributed by atoms with Gasteiger partial charge in [-0.2, -0.15) is 0 Å². The molecule has 0 aliphatic rings. The second-order valence-corrected chi connectivity index (χ2v) is 5.02. The van der Waals surface area contributed by atoms with Crippen molar-refractivity contribution in [2.75, 3.05) is 13.7 Å². The van der Waals surface area contributed by atoms with Crippen molar-refractivity contribution in [1.29, 1.82) is 0 Å². The number of benzene rings is 2. The molecule has 1 heterocycles. The van der Waals surface area contributed by atoms with Crippen LogP contribution in [0.25, 0.3) is 11.0 Å². The summed E-state index contributed by atoms with van der Waals surface area (Å²) in [5, 5.41) is 13.3. The monoisotopic (exact) mass is 325 g/mol. The van der Waals surface area contributed by atoms with Crippen molar-refractivity contribution in [3.05, 3.63) is 70.6 Å². The molecular weight excluding hydrogens is 310 g/mol. The van der Waals surface area contributed by atoms with E-state index in [1.165, 1.54) is 6.07 Å². The van der Waals surface area contributed by atoms with Crippen molar-refractivity contribution in [3.8, 4) is 11.5 Å². The summed E-state index contributed by atoms with van der Waals surface area (Å²) in [7, 11) is 1.58. The smallest absolute Gasteiger partial charge is 0.336 e. The lowest BCUT2D eigenvalue weighted by Crippen LogP contribution is -2.13. The number of ether oxygens (including phenoxy) is 2. The standard InChI is InChI=1S/C18H15NO5/c1-22-14-6-2-12(3-7-14)16(19-21)11-23-15-8-4-13-5-9-18(20)24-17(13)10-15/h2-10,21H,11H2,1H3/b19-16+. The van der Waals surface area contributed by atoms with Crippen LogP contribution < -0.4 is 15.1 Å². The van der Waals surface area contributed by atoms with Gasteiger partial charge in [0.25, 0.3) is 0 Å². The molecule has 6 heteroatoms. The van der Waals surface area contributed by atoms with E-state index in [9.17, 15) is 10.0 Å². The summed E-state index contributed by atoms with van der Waals surface area (Å²) in [5.41, 5.74) is 1.10. The zero-order valence-corrected chi connectivity index (χ0v) is 12.9. The molecule has 0 amide bonds. The van der Waals surface area contributed by atoms with Gasteiger partial charge in [0, 0.05) is 23.1 Å². The highest BCUT2D eigenvalue weighted by atomic mass is 16.5. The van der Waals surface area contributed by atoms with Gasteiger partial charge in [-0.25, -0.2) is 4.79 Å². The molecule has 1 aromatic heterocycles. The third kappa shape index (κ3) is 3.38. The van der Waals surface area contributed by atoms with E-state index in [0.717, 1.165) is 5.39 Å². The van der Waals surface area contributed by atoms with Gasteiger partial charge in [-0.15, -0.1) is 0 Å². The minimum absolute atomic E-state index is 0.0609. The zero-order chi connectivity index (χ0) is 16.9. The summed E-state index contributed by atoms with van der Waals surface area (Å²) in [6, 6.07) is 15.3. The van der Waals surface area contributed by atoms with Gasteiger partial charge >= 0.3 is 5.63 Å². The molecular formula is C18H15NO5. The average molecular weight is 325 g/mol. The summed E-state index contributed by atoms with van der Waals surface area (Å²) < 4.78 is 15.8. The van der Waals surface area contributed by atoms with Crippen LogP contribution in [0.2, 0.25) is 0 Å². The number of oxime groups is 1. The molecule has 122 valence electrons. The second kappa shape index (κ2) is 6.87. The Kier molecular flexibility index (Phi) is 4.47. The first kappa shape index (κ1) is 15.6. The zero-order valence-electron chi connectivity index (χ0n) is 12.9. The lowest BCUT2D eigenvalue weighted by Gasteiger charge is -2.09. The number of rotatable bonds is 5. The largest absolute Gasteiger partial charge is 0.497 e. The normalized spacial score (nSPS) is 11.5. The molecule has 6 nitrogen and oxygen atoms in total. The molecule has 0 aliphatic heterocycles. The molecule has 1 N–H and O–H groups in total. The number of fused-ring (bicyclic) bond motifs is 1. The molecule has 3 rings (SSSR count). The predicted molar refractivity (Wildman–Crippen MR) is 89.3 cm³/mol. The Balaban J connectivity index is 1.76. The van der Waals surface area contributed by atoms with Gasteiger partial charge in [0.05, 0.1) is 7.11 Å². The van der Waals surface area contributed by atoms with E-state index in [1.54, 1.807) is 55.6 Å². The minimum Gasteiger partial charge on any atom is -0.497 e. The Morgan fingerprint density at radius 2 is 1.79 bits per heavy atom. The van der Waals surface area contributed by atoms with E-state index < -0.39 is 5.63 Å². The fourth-order valence-electron chi connectivity index (χ4n) is 2.24. The van der Waals surface area contributed by atoms with Crippen LogP contribution in [0.1, 0.15) is 5.56 Å². The third-order valence-corrected chi connectivity index (χ3v) is 3.51. The maximum absolute atomic E-state index is 11.3. The molecule has 0 radical (unpaired) electrons. The van der Waals surface area contributed by atoms with Crippen LogP contribution in [0.15, 0.2) is 69.0 Å². The SMILES string of the molecule is COc1ccc(/C(COc2ccc3ccc(=O)oc3c2)=N/O)cc1. The van der Waals surface area contributed by atoms with E-state index in [2.05, 4.69) is 5.16 Å². The van der Waals surface area contributed by atoms with Crippen molar-refractivity contribution in [1.82, 2.24) is 0 Å². The first-order chi connectivity index (χ1) is 11.7. The van der Waals surface area contributed by atoms with Gasteiger partial charge in [-0.3, -0.25) is 0 Å². The summed E-state index contributed by atoms with van der Waals surface area (Å²) in [6.45, 7) is 0.0609. The summed E-state index contributed by atoms with van der Waals surface area (Å²) in [5.74, 6) is 1.22. The van der Waals surface area contributed by atoms with Crippen molar-refractivity contribution < 1.29 is 19.1 Å². The first-order valence-electron chi connectivity index (χ1n) is 7.21. The number of hydrogen-bond acceptors (Lipinski definition) is 6. The quantitative estimate of drug-likeness (QED) is 0.337. The van der Waals surface area contributed by atoms with Crippen LogP contribution in [0.3, 0.4) is 0 Å². The summed E-state index contributed by atoms with van der Waals surface area (Å²) in [4.78, 5) is 11.3. The topological polar surface area (TPSA) is 81.3 Å². The highest BCUT2D eigenvalue weighted by molar-refractivity contribution is 6.01. The molecule has 0 unspecified atom stereocenters. The van der Waals surface area contributed by atoms with E-state index in [1.807, 2.05) is 0 Å².